The summed E-state index contributed by atoms with van der Waals surface area (Å²) in [6.07, 6.45) is 0. The van der Waals surface area contributed by atoms with E-state index < -0.39 is 0 Å². The second kappa shape index (κ2) is 7.99. The number of hydrogen-bond acceptors (Lipinski definition) is 6. The zero-order chi connectivity index (χ0) is 17.8. The van der Waals surface area contributed by atoms with Crippen LogP contribution in [-0.2, 0) is 10.5 Å². The Morgan fingerprint density at radius 2 is 1.88 bits per heavy atom. The SMILES string of the molecule is O=C(CSCc1nc2ccccc2s1)Nc1cc(-c2ccccc2)ns1. The summed E-state index contributed by atoms with van der Waals surface area (Å²) < 4.78 is 5.59. The molecule has 0 aliphatic heterocycles. The molecular formula is C19H15N3OS3. The van der Waals surface area contributed by atoms with Crippen molar-refractivity contribution in [3.05, 3.63) is 65.7 Å². The van der Waals surface area contributed by atoms with Gasteiger partial charge in [0.2, 0.25) is 5.91 Å². The molecule has 4 aromatic rings. The fourth-order valence-corrected chi connectivity index (χ4v) is 4.99. The van der Waals surface area contributed by atoms with Crippen molar-refractivity contribution in [1.29, 1.82) is 0 Å². The van der Waals surface area contributed by atoms with Crippen molar-refractivity contribution in [1.82, 2.24) is 9.36 Å². The molecular weight excluding hydrogens is 382 g/mol. The third kappa shape index (κ3) is 4.12. The van der Waals surface area contributed by atoms with Crippen LogP contribution >= 0.6 is 34.6 Å². The number of hydrogen-bond donors (Lipinski definition) is 1. The highest BCUT2D eigenvalue weighted by molar-refractivity contribution is 7.99. The summed E-state index contributed by atoms with van der Waals surface area (Å²) in [6.45, 7) is 0. The molecule has 1 N–H and O–H groups in total. The Morgan fingerprint density at radius 3 is 2.73 bits per heavy atom. The van der Waals surface area contributed by atoms with Crippen LogP contribution < -0.4 is 5.32 Å². The third-order valence-electron chi connectivity index (χ3n) is 3.64. The molecule has 1 amide bonds. The summed E-state index contributed by atoms with van der Waals surface area (Å²) >= 11 is 4.56. The van der Waals surface area contributed by atoms with Crippen LogP contribution in [-0.4, -0.2) is 21.0 Å². The smallest absolute Gasteiger partial charge is 0.235 e. The first-order chi connectivity index (χ1) is 12.8. The molecule has 0 aliphatic rings. The molecule has 0 saturated heterocycles. The highest BCUT2D eigenvalue weighted by atomic mass is 32.2. The van der Waals surface area contributed by atoms with Gasteiger partial charge in [0.1, 0.15) is 10.0 Å². The van der Waals surface area contributed by atoms with Crippen molar-refractivity contribution in [2.75, 3.05) is 11.1 Å². The minimum Gasteiger partial charge on any atom is -0.316 e. The van der Waals surface area contributed by atoms with Gasteiger partial charge in [-0.3, -0.25) is 4.79 Å². The van der Waals surface area contributed by atoms with Crippen LogP contribution in [0.2, 0.25) is 0 Å². The Balaban J connectivity index is 1.29. The molecule has 2 aromatic carbocycles. The minimum absolute atomic E-state index is 0.0145. The second-order valence-corrected chi connectivity index (χ2v) is 8.46. The maximum Gasteiger partial charge on any atom is 0.235 e. The summed E-state index contributed by atoms with van der Waals surface area (Å²) in [5.41, 5.74) is 2.96. The number of amides is 1. The fourth-order valence-electron chi connectivity index (χ4n) is 2.47. The highest BCUT2D eigenvalue weighted by Crippen LogP contribution is 2.26. The van der Waals surface area contributed by atoms with E-state index in [1.165, 1.54) is 16.2 Å². The lowest BCUT2D eigenvalue weighted by molar-refractivity contribution is -0.113. The van der Waals surface area contributed by atoms with E-state index in [1.807, 2.05) is 54.6 Å². The number of thioether (sulfide) groups is 1. The van der Waals surface area contributed by atoms with Gasteiger partial charge in [-0.25, -0.2) is 4.98 Å². The number of aromatic nitrogens is 2. The lowest BCUT2D eigenvalue weighted by Crippen LogP contribution is -2.13. The first kappa shape index (κ1) is 17.2. The average molecular weight is 398 g/mol. The number of carbonyl (C=O) groups excluding carboxylic acids is 1. The summed E-state index contributed by atoms with van der Waals surface area (Å²) in [4.78, 5) is 16.7. The van der Waals surface area contributed by atoms with Crippen LogP contribution in [0.4, 0.5) is 5.00 Å². The molecule has 0 spiro atoms. The number of nitrogens with one attached hydrogen (secondary N) is 1. The van der Waals surface area contributed by atoms with Gasteiger partial charge in [-0.2, -0.15) is 4.37 Å². The van der Waals surface area contributed by atoms with Crippen molar-refractivity contribution < 1.29 is 4.79 Å². The van der Waals surface area contributed by atoms with Crippen molar-refractivity contribution in [2.24, 2.45) is 0 Å². The van der Waals surface area contributed by atoms with E-state index in [0.29, 0.717) is 5.75 Å². The average Bonchev–Trinajstić information content (AvgIpc) is 3.29. The number of nitrogens with zero attached hydrogens (tertiary/aromatic N) is 2. The number of carbonyl (C=O) groups is 1. The largest absolute Gasteiger partial charge is 0.316 e. The molecule has 0 radical (unpaired) electrons. The van der Waals surface area contributed by atoms with Crippen molar-refractivity contribution in [3.8, 4) is 11.3 Å². The highest BCUT2D eigenvalue weighted by Gasteiger charge is 2.09. The third-order valence-corrected chi connectivity index (χ3v) is 6.51. The van der Waals surface area contributed by atoms with Crippen LogP contribution in [0, 0.1) is 0 Å². The van der Waals surface area contributed by atoms with Crippen LogP contribution in [0.3, 0.4) is 0 Å². The second-order valence-electron chi connectivity index (χ2n) is 5.56. The molecule has 0 unspecified atom stereocenters. The quantitative estimate of drug-likeness (QED) is 0.480. The number of rotatable bonds is 6. The molecule has 2 heterocycles. The summed E-state index contributed by atoms with van der Waals surface area (Å²) in [6, 6.07) is 20.0. The molecule has 4 nitrogen and oxygen atoms in total. The Labute approximate surface area is 163 Å². The number of para-hydroxylation sites is 1. The normalized spacial score (nSPS) is 10.9. The van der Waals surface area contributed by atoms with Gasteiger partial charge in [0, 0.05) is 17.4 Å². The van der Waals surface area contributed by atoms with Gasteiger partial charge < -0.3 is 5.32 Å². The summed E-state index contributed by atoms with van der Waals surface area (Å²) in [5, 5.41) is 4.75. The van der Waals surface area contributed by atoms with E-state index in [4.69, 9.17) is 0 Å². The Kier molecular flexibility index (Phi) is 5.29. The zero-order valence-electron chi connectivity index (χ0n) is 13.7. The van der Waals surface area contributed by atoms with Gasteiger partial charge in [0.15, 0.2) is 0 Å². The fraction of sp³-hybridized carbons (Fsp3) is 0.105. The van der Waals surface area contributed by atoms with Gasteiger partial charge in [-0.05, 0) is 23.7 Å². The Morgan fingerprint density at radius 1 is 1.08 bits per heavy atom. The number of thiazole rings is 1. The zero-order valence-corrected chi connectivity index (χ0v) is 16.2. The lowest BCUT2D eigenvalue weighted by Gasteiger charge is -2.00. The van der Waals surface area contributed by atoms with Crippen molar-refractivity contribution in [2.45, 2.75) is 5.75 Å². The number of benzene rings is 2. The maximum absolute atomic E-state index is 12.2. The maximum atomic E-state index is 12.2. The summed E-state index contributed by atoms with van der Waals surface area (Å²) in [5.74, 6) is 1.12. The monoisotopic (exact) mass is 397 g/mol. The Bertz CT molecular complexity index is 994. The molecule has 0 atom stereocenters. The first-order valence-corrected chi connectivity index (χ1v) is 10.8. The number of fused-ring (bicyclic) bond motifs is 1. The number of anilines is 1. The molecule has 4 rings (SSSR count). The molecule has 0 saturated carbocycles. The first-order valence-electron chi connectivity index (χ1n) is 8.02. The molecule has 0 bridgehead atoms. The Hall–Kier alpha value is -2.22. The van der Waals surface area contributed by atoms with Crippen LogP contribution in [0.1, 0.15) is 5.01 Å². The molecule has 130 valence electrons. The minimum atomic E-state index is -0.0145. The van der Waals surface area contributed by atoms with Crippen LogP contribution in [0.5, 0.6) is 0 Å². The van der Waals surface area contributed by atoms with E-state index in [0.717, 1.165) is 32.5 Å². The predicted molar refractivity (Wildman–Crippen MR) is 112 cm³/mol. The van der Waals surface area contributed by atoms with Gasteiger partial charge in [0.05, 0.1) is 21.7 Å². The van der Waals surface area contributed by atoms with Crippen LogP contribution in [0.25, 0.3) is 21.5 Å². The van der Waals surface area contributed by atoms with Gasteiger partial charge in [0.25, 0.3) is 0 Å². The molecule has 26 heavy (non-hydrogen) atoms. The van der Waals surface area contributed by atoms with Gasteiger partial charge in [-0.1, -0.05) is 42.5 Å². The topological polar surface area (TPSA) is 54.9 Å². The van der Waals surface area contributed by atoms with Crippen molar-refractivity contribution in [3.63, 3.8) is 0 Å². The lowest BCUT2D eigenvalue weighted by atomic mass is 10.2. The van der Waals surface area contributed by atoms with Crippen molar-refractivity contribution >= 4 is 55.8 Å². The van der Waals surface area contributed by atoms with Gasteiger partial charge >= 0.3 is 0 Å². The predicted octanol–water partition coefficient (Wildman–Crippen LogP) is 5.29. The van der Waals surface area contributed by atoms with Crippen LogP contribution in [0.15, 0.2) is 60.7 Å². The van der Waals surface area contributed by atoms with E-state index in [2.05, 4.69) is 20.7 Å². The molecule has 0 fully saturated rings. The van der Waals surface area contributed by atoms with Gasteiger partial charge in [-0.15, -0.1) is 23.1 Å². The standard InChI is InChI=1S/C19H15N3OS3/c23-17(11-24-12-19-20-14-8-4-5-9-16(14)25-19)21-18-10-15(22-26-18)13-6-2-1-3-7-13/h1-10H,11-12H2,(H,21,23). The van der Waals surface area contributed by atoms with E-state index in [1.54, 1.807) is 23.1 Å². The van der Waals surface area contributed by atoms with E-state index >= 15 is 0 Å². The molecule has 7 heteroatoms. The molecule has 0 aliphatic carbocycles. The van der Waals surface area contributed by atoms with E-state index in [9.17, 15) is 4.79 Å². The molecule has 2 aromatic heterocycles. The summed E-state index contributed by atoms with van der Waals surface area (Å²) in [7, 11) is 0. The van der Waals surface area contributed by atoms with E-state index in [-0.39, 0.29) is 5.91 Å².